The standard InChI is InChI=1S/C19H28N4O3S2/c1-4-22(5-2)28(25,26)14-10-11-16-15(13-14)21-19(23(16)6-3)27-17-9-7-8-12-20-18(17)24/h10-11,13,17H,4-9,12H2,1-3H3,(H,20,24)/t17-/m0/s1. The van der Waals surface area contributed by atoms with Gasteiger partial charge in [0.1, 0.15) is 0 Å². The topological polar surface area (TPSA) is 84.3 Å². The Hall–Kier alpha value is -1.58. The van der Waals surface area contributed by atoms with Gasteiger partial charge in [-0.25, -0.2) is 13.4 Å². The van der Waals surface area contributed by atoms with E-state index in [-0.39, 0.29) is 16.1 Å². The first-order valence-corrected chi connectivity index (χ1v) is 12.2. The second kappa shape index (κ2) is 8.84. The predicted octanol–water partition coefficient (Wildman–Crippen LogP) is 2.85. The van der Waals surface area contributed by atoms with Crippen LogP contribution in [0, 0.1) is 0 Å². The summed E-state index contributed by atoms with van der Waals surface area (Å²) in [5, 5.41) is 3.56. The van der Waals surface area contributed by atoms with Crippen LogP contribution in [0.4, 0.5) is 0 Å². The summed E-state index contributed by atoms with van der Waals surface area (Å²) in [6.07, 6.45) is 2.83. The fourth-order valence-electron chi connectivity index (χ4n) is 3.51. The van der Waals surface area contributed by atoms with Crippen LogP contribution in [0.5, 0.6) is 0 Å². The number of nitrogens with one attached hydrogen (secondary N) is 1. The SMILES string of the molecule is CCN(CC)S(=O)(=O)c1ccc2c(c1)nc(S[C@H]1CCCCNC1=O)n2CC. The highest BCUT2D eigenvalue weighted by atomic mass is 32.2. The number of thioether (sulfide) groups is 1. The van der Waals surface area contributed by atoms with E-state index < -0.39 is 10.0 Å². The molecule has 1 aliphatic rings. The van der Waals surface area contributed by atoms with Crippen molar-refractivity contribution >= 4 is 38.7 Å². The predicted molar refractivity (Wildman–Crippen MR) is 112 cm³/mol. The first-order chi connectivity index (χ1) is 13.4. The molecule has 0 bridgehead atoms. The Balaban J connectivity index is 1.98. The summed E-state index contributed by atoms with van der Waals surface area (Å²) in [6.45, 7) is 7.98. The van der Waals surface area contributed by atoms with Crippen molar-refractivity contribution in [3.63, 3.8) is 0 Å². The number of fused-ring (bicyclic) bond motifs is 1. The molecule has 1 atom stereocenters. The summed E-state index contributed by atoms with van der Waals surface area (Å²) >= 11 is 1.47. The van der Waals surface area contributed by atoms with Gasteiger partial charge in [0.2, 0.25) is 15.9 Å². The van der Waals surface area contributed by atoms with Crippen molar-refractivity contribution in [2.45, 2.75) is 61.9 Å². The minimum atomic E-state index is -3.53. The summed E-state index contributed by atoms with van der Waals surface area (Å²) in [6, 6.07) is 5.11. The lowest BCUT2D eigenvalue weighted by Crippen LogP contribution is -2.30. The third-order valence-corrected chi connectivity index (χ3v) is 8.38. The molecule has 2 aromatic rings. The molecule has 0 saturated carbocycles. The van der Waals surface area contributed by atoms with Crippen LogP contribution in [0.25, 0.3) is 11.0 Å². The van der Waals surface area contributed by atoms with Crippen LogP contribution in [-0.2, 0) is 21.4 Å². The molecule has 1 aromatic heterocycles. The first-order valence-electron chi connectivity index (χ1n) is 9.87. The van der Waals surface area contributed by atoms with E-state index >= 15 is 0 Å². The minimum absolute atomic E-state index is 0.0574. The number of sulfonamides is 1. The number of benzene rings is 1. The van der Waals surface area contributed by atoms with E-state index in [2.05, 4.69) is 5.32 Å². The van der Waals surface area contributed by atoms with E-state index in [1.165, 1.54) is 16.1 Å². The second-order valence-electron chi connectivity index (χ2n) is 6.77. The molecule has 0 unspecified atom stereocenters. The van der Waals surface area contributed by atoms with Gasteiger partial charge in [0.05, 0.1) is 21.2 Å². The number of aromatic nitrogens is 2. The zero-order valence-corrected chi connectivity index (χ0v) is 18.3. The van der Waals surface area contributed by atoms with Gasteiger partial charge in [-0.05, 0) is 38.0 Å². The van der Waals surface area contributed by atoms with E-state index in [1.54, 1.807) is 12.1 Å². The van der Waals surface area contributed by atoms with Crippen molar-refractivity contribution in [1.82, 2.24) is 19.2 Å². The van der Waals surface area contributed by atoms with Crippen LogP contribution < -0.4 is 5.32 Å². The van der Waals surface area contributed by atoms with Crippen LogP contribution in [-0.4, -0.2) is 53.1 Å². The number of hydrogen-bond donors (Lipinski definition) is 1. The summed E-state index contributed by atoms with van der Waals surface area (Å²) in [7, 11) is -3.53. The summed E-state index contributed by atoms with van der Waals surface area (Å²) < 4.78 is 29.1. The number of imidazole rings is 1. The van der Waals surface area contributed by atoms with Gasteiger partial charge in [-0.15, -0.1) is 0 Å². The van der Waals surface area contributed by atoms with Crippen molar-refractivity contribution < 1.29 is 13.2 Å². The van der Waals surface area contributed by atoms with Gasteiger partial charge in [-0.2, -0.15) is 4.31 Å². The Bertz CT molecular complexity index is 951. The number of carbonyl (C=O) groups is 1. The van der Waals surface area contributed by atoms with Crippen LogP contribution in [0.15, 0.2) is 28.3 Å². The van der Waals surface area contributed by atoms with E-state index in [0.29, 0.717) is 25.2 Å². The summed E-state index contributed by atoms with van der Waals surface area (Å²) in [5.41, 5.74) is 1.53. The molecular formula is C19H28N4O3S2. The van der Waals surface area contributed by atoms with Crippen molar-refractivity contribution in [1.29, 1.82) is 0 Å². The highest BCUT2D eigenvalue weighted by molar-refractivity contribution is 8.00. The molecule has 1 aromatic carbocycles. The minimum Gasteiger partial charge on any atom is -0.355 e. The monoisotopic (exact) mass is 424 g/mol. The van der Waals surface area contributed by atoms with Crippen molar-refractivity contribution in [2.75, 3.05) is 19.6 Å². The van der Waals surface area contributed by atoms with Crippen LogP contribution in [0.2, 0.25) is 0 Å². The van der Waals surface area contributed by atoms with E-state index in [9.17, 15) is 13.2 Å². The van der Waals surface area contributed by atoms with E-state index in [4.69, 9.17) is 4.98 Å². The fourth-order valence-corrected chi connectivity index (χ4v) is 6.22. The highest BCUT2D eigenvalue weighted by Gasteiger charge is 2.26. The molecule has 1 amide bonds. The molecule has 3 rings (SSSR count). The quantitative estimate of drug-likeness (QED) is 0.739. The Kier molecular flexibility index (Phi) is 6.67. The number of hydrogen-bond acceptors (Lipinski definition) is 5. The number of nitrogens with zero attached hydrogens (tertiary/aromatic N) is 3. The lowest BCUT2D eigenvalue weighted by atomic mass is 10.2. The number of amides is 1. The van der Waals surface area contributed by atoms with Crippen LogP contribution in [0.3, 0.4) is 0 Å². The van der Waals surface area contributed by atoms with Gasteiger partial charge in [0.15, 0.2) is 5.16 Å². The van der Waals surface area contributed by atoms with Gasteiger partial charge in [-0.3, -0.25) is 4.79 Å². The van der Waals surface area contributed by atoms with Gasteiger partial charge < -0.3 is 9.88 Å². The average molecular weight is 425 g/mol. The Morgan fingerprint density at radius 1 is 1.25 bits per heavy atom. The van der Waals surface area contributed by atoms with Gasteiger partial charge in [0.25, 0.3) is 0 Å². The molecule has 9 heteroatoms. The summed E-state index contributed by atoms with van der Waals surface area (Å²) in [5.74, 6) is 0.0574. The maximum atomic E-state index is 12.8. The van der Waals surface area contributed by atoms with Crippen LogP contribution >= 0.6 is 11.8 Å². The van der Waals surface area contributed by atoms with Crippen molar-refractivity contribution in [3.05, 3.63) is 18.2 Å². The van der Waals surface area contributed by atoms with E-state index in [1.807, 2.05) is 31.4 Å². The van der Waals surface area contributed by atoms with Gasteiger partial charge in [-0.1, -0.05) is 32.0 Å². The van der Waals surface area contributed by atoms with Crippen LogP contribution in [0.1, 0.15) is 40.0 Å². The second-order valence-corrected chi connectivity index (χ2v) is 9.88. The molecular weight excluding hydrogens is 396 g/mol. The number of carbonyl (C=O) groups excluding carboxylic acids is 1. The third kappa shape index (κ3) is 4.06. The molecule has 1 saturated heterocycles. The largest absolute Gasteiger partial charge is 0.355 e. The third-order valence-electron chi connectivity index (χ3n) is 5.08. The van der Waals surface area contributed by atoms with Gasteiger partial charge in [0, 0.05) is 26.2 Å². The molecule has 154 valence electrons. The Labute approximate surface area is 170 Å². The number of aryl methyl sites for hydroxylation is 1. The molecule has 1 N–H and O–H groups in total. The average Bonchev–Trinajstić information content (AvgIpc) is 2.90. The molecule has 0 spiro atoms. The van der Waals surface area contributed by atoms with Gasteiger partial charge >= 0.3 is 0 Å². The molecule has 7 nitrogen and oxygen atoms in total. The van der Waals surface area contributed by atoms with E-state index in [0.717, 1.165) is 36.5 Å². The molecule has 28 heavy (non-hydrogen) atoms. The fraction of sp³-hybridized carbons (Fsp3) is 0.579. The maximum absolute atomic E-state index is 12.8. The molecule has 2 heterocycles. The first kappa shape index (κ1) is 21.1. The molecule has 0 aliphatic carbocycles. The lowest BCUT2D eigenvalue weighted by molar-refractivity contribution is -0.120. The molecule has 1 aliphatic heterocycles. The smallest absolute Gasteiger partial charge is 0.243 e. The highest BCUT2D eigenvalue weighted by Crippen LogP contribution is 2.31. The molecule has 1 fully saturated rings. The van der Waals surface area contributed by atoms with Crippen molar-refractivity contribution in [3.8, 4) is 0 Å². The Morgan fingerprint density at radius 2 is 2.00 bits per heavy atom. The number of rotatable bonds is 7. The Morgan fingerprint density at radius 3 is 2.68 bits per heavy atom. The zero-order valence-electron chi connectivity index (χ0n) is 16.6. The lowest BCUT2D eigenvalue weighted by Gasteiger charge is -2.18. The normalized spacial score (nSPS) is 18.4. The maximum Gasteiger partial charge on any atom is 0.243 e. The van der Waals surface area contributed by atoms with Crippen molar-refractivity contribution in [2.24, 2.45) is 0 Å². The molecule has 0 radical (unpaired) electrons. The zero-order chi connectivity index (χ0) is 20.3. The summed E-state index contributed by atoms with van der Waals surface area (Å²) in [4.78, 5) is 17.3.